The van der Waals surface area contributed by atoms with E-state index >= 15 is 0 Å². The number of urea groups is 1. The van der Waals surface area contributed by atoms with Crippen molar-refractivity contribution >= 4 is 23.3 Å². The van der Waals surface area contributed by atoms with E-state index in [0.29, 0.717) is 16.3 Å². The third-order valence-corrected chi connectivity index (χ3v) is 3.72. The van der Waals surface area contributed by atoms with E-state index in [1.54, 1.807) is 25.1 Å². The Labute approximate surface area is 145 Å². The van der Waals surface area contributed by atoms with Crippen molar-refractivity contribution in [3.63, 3.8) is 0 Å². The molecule has 6 heteroatoms. The summed E-state index contributed by atoms with van der Waals surface area (Å²) in [6.45, 7) is 1.74. The quantitative estimate of drug-likeness (QED) is 0.776. The van der Waals surface area contributed by atoms with Crippen LogP contribution in [0.1, 0.15) is 24.0 Å². The lowest BCUT2D eigenvalue weighted by molar-refractivity contribution is 0.190. The highest BCUT2D eigenvalue weighted by Gasteiger charge is 2.17. The second kappa shape index (κ2) is 8.34. The fraction of sp³-hybridized carbons (Fsp3) is 0.222. The van der Waals surface area contributed by atoms with Crippen LogP contribution >= 0.6 is 11.6 Å². The Kier molecular flexibility index (Phi) is 6.19. The summed E-state index contributed by atoms with van der Waals surface area (Å²) in [5.74, 6) is -0.475. The van der Waals surface area contributed by atoms with Gasteiger partial charge in [-0.3, -0.25) is 0 Å². The molecular weight excluding hydrogens is 326 g/mol. The largest absolute Gasteiger partial charge is 0.392 e. The summed E-state index contributed by atoms with van der Waals surface area (Å²) in [6.07, 6.45) is -0.621. The van der Waals surface area contributed by atoms with E-state index in [0.717, 1.165) is 5.56 Å². The number of nitrogens with zero attached hydrogens (tertiary/aromatic N) is 1. The first-order valence-corrected chi connectivity index (χ1v) is 7.86. The maximum Gasteiger partial charge on any atom is 0.319 e. The Balaban J connectivity index is 2.15. The zero-order valence-corrected chi connectivity index (χ0v) is 13.9. The first kappa shape index (κ1) is 17.8. The Morgan fingerprint density at radius 2 is 2.00 bits per heavy atom. The van der Waals surface area contributed by atoms with Gasteiger partial charge in [0.2, 0.25) is 0 Å². The van der Waals surface area contributed by atoms with Gasteiger partial charge in [0.1, 0.15) is 0 Å². The Bertz CT molecular complexity index is 742. The molecular formula is C18H18ClN3O2. The molecule has 0 heterocycles. The average Bonchev–Trinajstić information content (AvgIpc) is 2.56. The summed E-state index contributed by atoms with van der Waals surface area (Å²) in [6, 6.07) is 16.2. The first-order valence-electron chi connectivity index (χ1n) is 7.48. The molecule has 0 aliphatic carbocycles. The summed E-state index contributed by atoms with van der Waals surface area (Å²) >= 11 is 6.30. The predicted octanol–water partition coefficient (Wildman–Crippen LogP) is 3.50. The average molecular weight is 344 g/mol. The maximum atomic E-state index is 11.7. The molecule has 124 valence electrons. The zero-order valence-electron chi connectivity index (χ0n) is 13.2. The van der Waals surface area contributed by atoms with E-state index in [1.165, 1.54) is 0 Å². The van der Waals surface area contributed by atoms with Gasteiger partial charge in [-0.1, -0.05) is 48.0 Å². The Hall–Kier alpha value is -2.55. The van der Waals surface area contributed by atoms with Crippen LogP contribution in [0.5, 0.6) is 0 Å². The third kappa shape index (κ3) is 4.72. The number of benzene rings is 2. The number of nitrogens with one attached hydrogen (secondary N) is 2. The molecule has 2 atom stereocenters. The summed E-state index contributed by atoms with van der Waals surface area (Å²) in [5, 5.41) is 24.2. The second-order valence-electron chi connectivity index (χ2n) is 5.39. The van der Waals surface area contributed by atoms with Crippen molar-refractivity contribution in [2.45, 2.75) is 18.9 Å². The van der Waals surface area contributed by atoms with E-state index in [1.807, 2.05) is 30.3 Å². The SMILES string of the molecule is C[C@H](O)CNC(=O)Nc1ccc([C@@H](C#N)c2ccccc2)c(Cl)c1. The lowest BCUT2D eigenvalue weighted by Gasteiger charge is -2.14. The molecule has 0 fully saturated rings. The van der Waals surface area contributed by atoms with Gasteiger partial charge in [-0.2, -0.15) is 5.26 Å². The number of aliphatic hydroxyl groups excluding tert-OH is 1. The number of nitriles is 1. The number of carbonyl (C=O) groups is 1. The molecule has 24 heavy (non-hydrogen) atoms. The van der Waals surface area contributed by atoms with Gasteiger partial charge >= 0.3 is 6.03 Å². The predicted molar refractivity (Wildman–Crippen MR) is 94.1 cm³/mol. The van der Waals surface area contributed by atoms with Crippen molar-refractivity contribution in [2.75, 3.05) is 11.9 Å². The smallest absolute Gasteiger partial charge is 0.319 e. The molecule has 0 unspecified atom stereocenters. The van der Waals surface area contributed by atoms with E-state index in [-0.39, 0.29) is 6.54 Å². The Morgan fingerprint density at radius 1 is 1.29 bits per heavy atom. The minimum absolute atomic E-state index is 0.155. The van der Waals surface area contributed by atoms with E-state index < -0.39 is 18.1 Å². The molecule has 5 nitrogen and oxygen atoms in total. The van der Waals surface area contributed by atoms with Crippen LogP contribution in [0.2, 0.25) is 5.02 Å². The monoisotopic (exact) mass is 343 g/mol. The van der Waals surface area contributed by atoms with Crippen LogP contribution in [-0.4, -0.2) is 23.8 Å². The molecule has 0 saturated heterocycles. The molecule has 2 aromatic rings. The molecule has 2 rings (SSSR count). The molecule has 0 aliphatic heterocycles. The van der Waals surface area contributed by atoms with Gasteiger partial charge in [-0.25, -0.2) is 4.79 Å². The molecule has 0 spiro atoms. The summed E-state index contributed by atoms with van der Waals surface area (Å²) in [4.78, 5) is 11.7. The second-order valence-corrected chi connectivity index (χ2v) is 5.80. The molecule has 0 radical (unpaired) electrons. The number of anilines is 1. The van der Waals surface area contributed by atoms with E-state index in [9.17, 15) is 10.1 Å². The van der Waals surface area contributed by atoms with E-state index in [2.05, 4.69) is 16.7 Å². The van der Waals surface area contributed by atoms with Crippen LogP contribution < -0.4 is 10.6 Å². The highest BCUT2D eigenvalue weighted by Crippen LogP contribution is 2.31. The van der Waals surface area contributed by atoms with E-state index in [4.69, 9.17) is 16.7 Å². The standard InChI is InChI=1S/C18H18ClN3O2/c1-12(23)11-21-18(24)22-14-7-8-15(17(19)9-14)16(10-20)13-5-3-2-4-6-13/h2-9,12,16,23H,11H2,1H3,(H2,21,22,24)/t12-,16-/m0/s1. The minimum Gasteiger partial charge on any atom is -0.392 e. The summed E-state index contributed by atoms with van der Waals surface area (Å²) in [7, 11) is 0. The minimum atomic E-state index is -0.621. The van der Waals surface area contributed by atoms with Crippen molar-refractivity contribution in [3.05, 3.63) is 64.7 Å². The topological polar surface area (TPSA) is 85.2 Å². The normalized spacial score (nSPS) is 12.8. The van der Waals surface area contributed by atoms with Crippen molar-refractivity contribution in [2.24, 2.45) is 0 Å². The van der Waals surface area contributed by atoms with Gasteiger partial charge in [-0.15, -0.1) is 0 Å². The van der Waals surface area contributed by atoms with Crippen LogP contribution in [0.4, 0.5) is 10.5 Å². The van der Waals surface area contributed by atoms with Crippen LogP contribution in [0.3, 0.4) is 0 Å². The van der Waals surface area contributed by atoms with Gasteiger partial charge in [0.25, 0.3) is 0 Å². The molecule has 0 bridgehead atoms. The van der Waals surface area contributed by atoms with Crippen molar-refractivity contribution in [1.29, 1.82) is 5.26 Å². The summed E-state index contributed by atoms with van der Waals surface area (Å²) < 4.78 is 0. The van der Waals surface area contributed by atoms with Gasteiger partial charge in [-0.05, 0) is 30.2 Å². The summed E-state index contributed by atoms with van der Waals surface area (Å²) in [5.41, 5.74) is 2.05. The number of aliphatic hydroxyl groups is 1. The number of carbonyl (C=O) groups excluding carboxylic acids is 1. The van der Waals surface area contributed by atoms with Crippen LogP contribution in [0.15, 0.2) is 48.5 Å². The molecule has 0 aliphatic rings. The fourth-order valence-electron chi connectivity index (χ4n) is 2.22. The van der Waals surface area contributed by atoms with Crippen LogP contribution in [0, 0.1) is 11.3 Å². The van der Waals surface area contributed by atoms with Gasteiger partial charge < -0.3 is 15.7 Å². The molecule has 0 aromatic heterocycles. The number of hydrogen-bond acceptors (Lipinski definition) is 3. The first-order chi connectivity index (χ1) is 11.5. The fourth-order valence-corrected chi connectivity index (χ4v) is 2.51. The molecule has 3 N–H and O–H groups in total. The molecule has 0 saturated carbocycles. The van der Waals surface area contributed by atoms with Crippen molar-refractivity contribution < 1.29 is 9.90 Å². The lowest BCUT2D eigenvalue weighted by Crippen LogP contribution is -2.34. The zero-order chi connectivity index (χ0) is 17.5. The number of amides is 2. The van der Waals surface area contributed by atoms with Crippen LogP contribution in [-0.2, 0) is 0 Å². The van der Waals surface area contributed by atoms with Crippen molar-refractivity contribution in [3.8, 4) is 6.07 Å². The highest BCUT2D eigenvalue weighted by atomic mass is 35.5. The third-order valence-electron chi connectivity index (χ3n) is 3.39. The number of rotatable bonds is 5. The number of halogens is 1. The van der Waals surface area contributed by atoms with Gasteiger partial charge in [0.15, 0.2) is 0 Å². The molecule has 2 aromatic carbocycles. The van der Waals surface area contributed by atoms with Gasteiger partial charge in [0.05, 0.1) is 18.1 Å². The van der Waals surface area contributed by atoms with Crippen molar-refractivity contribution in [1.82, 2.24) is 5.32 Å². The highest BCUT2D eigenvalue weighted by molar-refractivity contribution is 6.31. The van der Waals surface area contributed by atoms with Gasteiger partial charge in [0, 0.05) is 17.3 Å². The van der Waals surface area contributed by atoms with Crippen LogP contribution in [0.25, 0.3) is 0 Å². The lowest BCUT2D eigenvalue weighted by atomic mass is 9.92. The Morgan fingerprint density at radius 3 is 2.58 bits per heavy atom. The molecule has 2 amide bonds. The number of hydrogen-bond donors (Lipinski definition) is 3. The maximum absolute atomic E-state index is 11.7.